The number of fused-ring (bicyclic) bond motifs is 2. The fraction of sp³-hybridized carbons (Fsp3) is 0.350. The van der Waals surface area contributed by atoms with Crippen LogP contribution in [0.2, 0.25) is 0 Å². The zero-order chi connectivity index (χ0) is 19.5. The molecular formula is C20H22N4O2S2. The van der Waals surface area contributed by atoms with Crippen LogP contribution in [0.3, 0.4) is 0 Å². The largest absolute Gasteiger partial charge is 0.361 e. The van der Waals surface area contributed by atoms with Gasteiger partial charge in [-0.15, -0.1) is 23.5 Å². The summed E-state index contributed by atoms with van der Waals surface area (Å²) in [6, 6.07) is 8.15. The van der Waals surface area contributed by atoms with Gasteiger partial charge >= 0.3 is 0 Å². The van der Waals surface area contributed by atoms with Crippen LogP contribution >= 0.6 is 23.5 Å². The molecule has 0 saturated carbocycles. The molecule has 1 aromatic carbocycles. The number of H-pyrrole nitrogens is 1. The number of aromatic nitrogens is 1. The molecule has 1 aromatic heterocycles. The highest BCUT2D eigenvalue weighted by molar-refractivity contribution is 8.04. The summed E-state index contributed by atoms with van der Waals surface area (Å²) >= 11 is 3.09. The molecule has 6 nitrogen and oxygen atoms in total. The normalized spacial score (nSPS) is 21.1. The monoisotopic (exact) mass is 414 g/mol. The van der Waals surface area contributed by atoms with Crippen molar-refractivity contribution in [3.63, 3.8) is 0 Å². The number of hydrogen-bond donors (Lipinski definition) is 3. The van der Waals surface area contributed by atoms with Gasteiger partial charge in [-0.2, -0.15) is 0 Å². The maximum atomic E-state index is 12.1. The number of carbonyl (C=O) groups is 2. The highest BCUT2D eigenvalue weighted by atomic mass is 32.2. The zero-order valence-electron chi connectivity index (χ0n) is 15.5. The van der Waals surface area contributed by atoms with Crippen LogP contribution in [0.15, 0.2) is 46.4 Å². The molecule has 0 unspecified atom stereocenters. The van der Waals surface area contributed by atoms with Crippen molar-refractivity contribution in [1.29, 1.82) is 0 Å². The molecule has 28 heavy (non-hydrogen) atoms. The van der Waals surface area contributed by atoms with Crippen molar-refractivity contribution in [2.45, 2.75) is 18.7 Å². The van der Waals surface area contributed by atoms with Crippen molar-refractivity contribution in [2.24, 2.45) is 10.9 Å². The number of amidine groups is 1. The van der Waals surface area contributed by atoms with Crippen molar-refractivity contribution in [3.8, 4) is 0 Å². The number of nitrogens with zero attached hydrogens (tertiary/aromatic N) is 1. The van der Waals surface area contributed by atoms with Gasteiger partial charge in [0.15, 0.2) is 0 Å². The minimum absolute atomic E-state index is 0.00166. The van der Waals surface area contributed by atoms with E-state index in [4.69, 9.17) is 0 Å². The summed E-state index contributed by atoms with van der Waals surface area (Å²) in [5, 5.41) is 6.97. The van der Waals surface area contributed by atoms with Gasteiger partial charge in [-0.3, -0.25) is 14.6 Å². The van der Waals surface area contributed by atoms with Gasteiger partial charge in [0, 0.05) is 23.6 Å². The molecule has 3 heterocycles. The van der Waals surface area contributed by atoms with Gasteiger partial charge in [0.05, 0.1) is 17.4 Å². The van der Waals surface area contributed by atoms with Gasteiger partial charge in [0.2, 0.25) is 11.8 Å². The minimum Gasteiger partial charge on any atom is -0.361 e. The second-order valence-electron chi connectivity index (χ2n) is 6.83. The van der Waals surface area contributed by atoms with E-state index in [-0.39, 0.29) is 23.1 Å². The number of benzene rings is 1. The van der Waals surface area contributed by atoms with Crippen molar-refractivity contribution < 1.29 is 9.59 Å². The Bertz CT molecular complexity index is 966. The molecule has 0 saturated heterocycles. The topological polar surface area (TPSA) is 86.4 Å². The van der Waals surface area contributed by atoms with Crippen LogP contribution < -0.4 is 10.6 Å². The lowest BCUT2D eigenvalue weighted by molar-refractivity contribution is -0.122. The van der Waals surface area contributed by atoms with E-state index in [2.05, 4.69) is 26.7 Å². The Labute approximate surface area is 172 Å². The number of rotatable bonds is 7. The average molecular weight is 415 g/mol. The lowest BCUT2D eigenvalue weighted by Gasteiger charge is -2.22. The van der Waals surface area contributed by atoms with E-state index in [1.165, 1.54) is 22.7 Å². The number of hydrogen-bond acceptors (Lipinski definition) is 5. The summed E-state index contributed by atoms with van der Waals surface area (Å²) < 4.78 is 0. The van der Waals surface area contributed by atoms with Gasteiger partial charge < -0.3 is 15.6 Å². The first-order valence-corrected chi connectivity index (χ1v) is 11.3. The third-order valence-corrected chi connectivity index (χ3v) is 6.84. The number of aliphatic imine (C=N–C) groups is 1. The Balaban J connectivity index is 1.19. The fourth-order valence-electron chi connectivity index (χ4n) is 3.40. The number of nitrogens with one attached hydrogen (secondary N) is 3. The molecule has 4 rings (SSSR count). The molecule has 0 fully saturated rings. The van der Waals surface area contributed by atoms with Gasteiger partial charge in [-0.25, -0.2) is 0 Å². The number of aromatic amines is 1. The van der Waals surface area contributed by atoms with Crippen LogP contribution in [0.1, 0.15) is 12.5 Å². The first-order valence-electron chi connectivity index (χ1n) is 9.22. The Morgan fingerprint density at radius 1 is 1.36 bits per heavy atom. The Kier molecular flexibility index (Phi) is 5.77. The number of allylic oxidation sites excluding steroid dienone is 1. The number of thioether (sulfide) groups is 2. The van der Waals surface area contributed by atoms with Gasteiger partial charge in [-0.1, -0.05) is 24.3 Å². The van der Waals surface area contributed by atoms with Crippen LogP contribution in [0.4, 0.5) is 0 Å². The van der Waals surface area contributed by atoms with Crippen LogP contribution in [-0.2, 0) is 16.0 Å². The standard InChI is InChI=1S/C20H22N4O2S2/c1-12-8-15-19(26)23-17(24-20(15)28-12)10-27-11-18(25)21-7-6-13-9-22-16-5-3-2-4-14(13)16/h2-5,8-9,15,20,22H,6-7,10-11H2,1H3,(H,21,25)(H,23,24,26)/t15-,20-/m1/s1. The van der Waals surface area contributed by atoms with E-state index < -0.39 is 0 Å². The van der Waals surface area contributed by atoms with E-state index in [1.807, 2.05) is 37.4 Å². The molecule has 2 amide bonds. The molecule has 3 N–H and O–H groups in total. The molecule has 2 aliphatic heterocycles. The van der Waals surface area contributed by atoms with E-state index in [1.54, 1.807) is 11.8 Å². The summed E-state index contributed by atoms with van der Waals surface area (Å²) in [6.07, 6.45) is 4.76. The SMILES string of the molecule is CC1=C[C@@H]2C(=O)NC(CSCC(=O)NCCc3c[nH]c4ccccc34)=N[C@@H]2S1. The molecule has 2 aliphatic rings. The maximum absolute atomic E-state index is 12.1. The Morgan fingerprint density at radius 2 is 2.21 bits per heavy atom. The second-order valence-corrected chi connectivity index (χ2v) is 9.18. The summed E-state index contributed by atoms with van der Waals surface area (Å²) in [6.45, 7) is 2.60. The average Bonchev–Trinajstić information content (AvgIpc) is 3.25. The van der Waals surface area contributed by atoms with Crippen LogP contribution in [0.25, 0.3) is 10.9 Å². The molecular weight excluding hydrogens is 392 g/mol. The lowest BCUT2D eigenvalue weighted by Crippen LogP contribution is -2.44. The molecule has 0 aliphatic carbocycles. The summed E-state index contributed by atoms with van der Waals surface area (Å²) in [4.78, 5) is 33.2. The predicted octanol–water partition coefficient (Wildman–Crippen LogP) is 2.68. The van der Waals surface area contributed by atoms with Crippen LogP contribution in [0, 0.1) is 5.92 Å². The van der Waals surface area contributed by atoms with Crippen molar-refractivity contribution in [1.82, 2.24) is 15.6 Å². The van der Waals surface area contributed by atoms with Gasteiger partial charge in [-0.05, 0) is 29.9 Å². The Hall–Kier alpha value is -2.19. The van der Waals surface area contributed by atoms with E-state index in [0.717, 1.165) is 16.8 Å². The van der Waals surface area contributed by atoms with E-state index in [0.29, 0.717) is 23.9 Å². The highest BCUT2D eigenvalue weighted by Crippen LogP contribution is 2.38. The fourth-order valence-corrected chi connectivity index (χ4v) is 5.27. The Morgan fingerprint density at radius 3 is 3.11 bits per heavy atom. The molecule has 0 spiro atoms. The summed E-state index contributed by atoms with van der Waals surface area (Å²) in [5.41, 5.74) is 2.32. The van der Waals surface area contributed by atoms with Crippen molar-refractivity contribution >= 4 is 52.1 Å². The first-order chi connectivity index (χ1) is 13.6. The number of para-hydroxylation sites is 1. The molecule has 0 bridgehead atoms. The molecule has 2 atom stereocenters. The second kappa shape index (κ2) is 8.45. The van der Waals surface area contributed by atoms with Gasteiger partial charge in [0.1, 0.15) is 11.2 Å². The van der Waals surface area contributed by atoms with Crippen molar-refractivity contribution in [2.75, 3.05) is 18.1 Å². The van der Waals surface area contributed by atoms with Gasteiger partial charge in [0.25, 0.3) is 0 Å². The van der Waals surface area contributed by atoms with Crippen LogP contribution in [-0.4, -0.2) is 46.1 Å². The summed E-state index contributed by atoms with van der Waals surface area (Å²) in [5.74, 6) is 1.39. The third-order valence-electron chi connectivity index (χ3n) is 4.74. The molecule has 8 heteroatoms. The zero-order valence-corrected chi connectivity index (χ0v) is 17.2. The quantitative estimate of drug-likeness (QED) is 0.650. The van der Waals surface area contributed by atoms with Crippen LogP contribution in [0.5, 0.6) is 0 Å². The minimum atomic E-state index is -0.161. The summed E-state index contributed by atoms with van der Waals surface area (Å²) in [7, 11) is 0. The molecule has 2 aromatic rings. The predicted molar refractivity (Wildman–Crippen MR) is 117 cm³/mol. The lowest BCUT2D eigenvalue weighted by atomic mass is 10.1. The number of amides is 2. The van der Waals surface area contributed by atoms with Crippen molar-refractivity contribution in [3.05, 3.63) is 47.0 Å². The number of carbonyl (C=O) groups excluding carboxylic acids is 2. The molecule has 146 valence electrons. The smallest absolute Gasteiger partial charge is 0.235 e. The maximum Gasteiger partial charge on any atom is 0.235 e. The molecule has 0 radical (unpaired) electrons. The third kappa shape index (κ3) is 4.28. The van der Waals surface area contributed by atoms with E-state index >= 15 is 0 Å². The first kappa shape index (κ1) is 19.1. The van der Waals surface area contributed by atoms with E-state index in [9.17, 15) is 9.59 Å². The highest BCUT2D eigenvalue weighted by Gasteiger charge is 2.36.